The molecule has 0 aliphatic rings. The first kappa shape index (κ1) is 16.0. The van der Waals surface area contributed by atoms with Gasteiger partial charge >= 0.3 is 0 Å². The lowest BCUT2D eigenvalue weighted by Gasteiger charge is -2.05. The molecule has 0 bridgehead atoms. The molecule has 3 aromatic heterocycles. The van der Waals surface area contributed by atoms with Gasteiger partial charge in [0.2, 0.25) is 0 Å². The van der Waals surface area contributed by atoms with Gasteiger partial charge in [-0.15, -0.1) is 11.3 Å². The minimum atomic E-state index is -0.325. The van der Waals surface area contributed by atoms with E-state index in [1.165, 1.54) is 11.3 Å². The number of aromatic amines is 1. The van der Waals surface area contributed by atoms with Crippen LogP contribution in [0.4, 0.5) is 0 Å². The smallest absolute Gasteiger partial charge is 0.281 e. The highest BCUT2D eigenvalue weighted by molar-refractivity contribution is 7.07. The third-order valence-corrected chi connectivity index (χ3v) is 4.81. The normalized spacial score (nSPS) is 11.6. The fraction of sp³-hybridized carbons (Fsp3) is 0.0526. The van der Waals surface area contributed by atoms with Gasteiger partial charge < -0.3 is 9.55 Å². The molecule has 1 N–H and O–H groups in total. The summed E-state index contributed by atoms with van der Waals surface area (Å²) in [6.07, 6.45) is 5.16. The molecular weight excluding hydrogens is 346 g/mol. The topological polar surface area (TPSA) is 86.8 Å². The number of pyridine rings is 1. The largest absolute Gasteiger partial charge is 0.345 e. The van der Waals surface area contributed by atoms with Gasteiger partial charge in [-0.1, -0.05) is 18.2 Å². The van der Waals surface area contributed by atoms with Crippen LogP contribution in [0.5, 0.6) is 0 Å². The molecule has 3 heterocycles. The van der Waals surface area contributed by atoms with Crippen molar-refractivity contribution in [1.29, 1.82) is 5.26 Å². The van der Waals surface area contributed by atoms with E-state index in [1.807, 2.05) is 40.4 Å². The van der Waals surface area contributed by atoms with Crippen molar-refractivity contribution in [2.75, 3.05) is 0 Å². The molecule has 126 valence electrons. The van der Waals surface area contributed by atoms with E-state index in [1.54, 1.807) is 24.5 Å². The van der Waals surface area contributed by atoms with Gasteiger partial charge in [0.1, 0.15) is 5.65 Å². The first-order valence-corrected chi connectivity index (χ1v) is 8.77. The molecule has 0 aliphatic heterocycles. The highest BCUT2D eigenvalue weighted by Crippen LogP contribution is 2.16. The van der Waals surface area contributed by atoms with Crippen molar-refractivity contribution in [3.8, 4) is 6.07 Å². The Morgan fingerprint density at radius 3 is 3.08 bits per heavy atom. The Bertz CT molecular complexity index is 1210. The predicted molar refractivity (Wildman–Crippen MR) is 98.6 cm³/mol. The standard InChI is InChI=1S/C19H13N5OS/c20-10-13-4-1-2-5-14(13)12-24-8-9-26-19(24)23-18(25)16-11-22-17-15(16)6-3-7-21-17/h1-9,11H,12H2,(H,21,22)/b23-19-. The van der Waals surface area contributed by atoms with Crippen LogP contribution in [0.3, 0.4) is 0 Å². The first-order valence-electron chi connectivity index (χ1n) is 7.89. The van der Waals surface area contributed by atoms with Crippen LogP contribution in [-0.4, -0.2) is 20.4 Å². The Labute approximate surface area is 152 Å². The maximum Gasteiger partial charge on any atom is 0.281 e. The molecule has 0 unspecified atom stereocenters. The van der Waals surface area contributed by atoms with Crippen LogP contribution < -0.4 is 4.80 Å². The van der Waals surface area contributed by atoms with Crippen LogP contribution in [0.25, 0.3) is 11.0 Å². The summed E-state index contributed by atoms with van der Waals surface area (Å²) in [7, 11) is 0. The zero-order valence-electron chi connectivity index (χ0n) is 13.6. The summed E-state index contributed by atoms with van der Waals surface area (Å²) in [5, 5.41) is 11.9. The SMILES string of the molecule is N#Cc1ccccc1Cn1ccs/c1=N\C(=O)c1c[nH]c2ncccc12. The van der Waals surface area contributed by atoms with Gasteiger partial charge in [-0.3, -0.25) is 4.79 Å². The predicted octanol–water partition coefficient (Wildman–Crippen LogP) is 3.09. The van der Waals surface area contributed by atoms with Crippen molar-refractivity contribution in [3.05, 3.63) is 81.9 Å². The van der Waals surface area contributed by atoms with E-state index >= 15 is 0 Å². The summed E-state index contributed by atoms with van der Waals surface area (Å²) in [6, 6.07) is 13.2. The molecule has 1 aromatic carbocycles. The number of hydrogen-bond donors (Lipinski definition) is 1. The number of carbonyl (C=O) groups excluding carboxylic acids is 1. The van der Waals surface area contributed by atoms with Crippen molar-refractivity contribution in [2.24, 2.45) is 4.99 Å². The van der Waals surface area contributed by atoms with Gasteiger partial charge in [-0.2, -0.15) is 10.3 Å². The minimum absolute atomic E-state index is 0.325. The average Bonchev–Trinajstić information content (AvgIpc) is 3.29. The van der Waals surface area contributed by atoms with Crippen LogP contribution in [0, 0.1) is 11.3 Å². The summed E-state index contributed by atoms with van der Waals surface area (Å²) in [5.41, 5.74) is 2.66. The van der Waals surface area contributed by atoms with Gasteiger partial charge in [0.05, 0.1) is 23.7 Å². The van der Waals surface area contributed by atoms with Crippen molar-refractivity contribution in [2.45, 2.75) is 6.54 Å². The van der Waals surface area contributed by atoms with Gasteiger partial charge in [-0.05, 0) is 23.8 Å². The van der Waals surface area contributed by atoms with Gasteiger partial charge in [0, 0.05) is 29.4 Å². The number of nitrogens with zero attached hydrogens (tertiary/aromatic N) is 4. The van der Waals surface area contributed by atoms with Crippen molar-refractivity contribution in [1.82, 2.24) is 14.5 Å². The summed E-state index contributed by atoms with van der Waals surface area (Å²) in [5.74, 6) is -0.325. The van der Waals surface area contributed by atoms with Crippen molar-refractivity contribution < 1.29 is 4.79 Å². The van der Waals surface area contributed by atoms with Crippen LogP contribution in [0.15, 0.2) is 65.4 Å². The number of nitrogens with one attached hydrogen (secondary N) is 1. The molecule has 0 atom stereocenters. The average molecular weight is 359 g/mol. The molecule has 0 fully saturated rings. The van der Waals surface area contributed by atoms with E-state index in [0.717, 1.165) is 10.9 Å². The highest BCUT2D eigenvalue weighted by atomic mass is 32.1. The number of carbonyl (C=O) groups is 1. The number of fused-ring (bicyclic) bond motifs is 1. The van der Waals surface area contributed by atoms with Gasteiger partial charge in [-0.25, -0.2) is 4.98 Å². The van der Waals surface area contributed by atoms with Crippen LogP contribution >= 0.6 is 11.3 Å². The van der Waals surface area contributed by atoms with Crippen LogP contribution in [0.2, 0.25) is 0 Å². The van der Waals surface area contributed by atoms with E-state index in [0.29, 0.717) is 28.1 Å². The van der Waals surface area contributed by atoms with Crippen molar-refractivity contribution in [3.63, 3.8) is 0 Å². The third-order valence-electron chi connectivity index (χ3n) is 4.02. The maximum absolute atomic E-state index is 12.6. The fourth-order valence-corrected chi connectivity index (χ4v) is 3.46. The number of benzene rings is 1. The van der Waals surface area contributed by atoms with E-state index in [9.17, 15) is 10.1 Å². The van der Waals surface area contributed by atoms with E-state index in [2.05, 4.69) is 21.0 Å². The molecule has 4 rings (SSSR count). The van der Waals surface area contributed by atoms with E-state index in [4.69, 9.17) is 0 Å². The number of thiazole rings is 1. The third kappa shape index (κ3) is 2.94. The second-order valence-corrected chi connectivity index (χ2v) is 6.47. The summed E-state index contributed by atoms with van der Waals surface area (Å²) < 4.78 is 1.87. The second kappa shape index (κ2) is 6.78. The second-order valence-electron chi connectivity index (χ2n) is 5.60. The number of hydrogen-bond acceptors (Lipinski definition) is 4. The van der Waals surface area contributed by atoms with Gasteiger partial charge in [0.15, 0.2) is 4.80 Å². The molecule has 1 amide bonds. The molecule has 4 aromatic rings. The lowest BCUT2D eigenvalue weighted by Crippen LogP contribution is -2.17. The zero-order chi connectivity index (χ0) is 17.9. The summed E-state index contributed by atoms with van der Waals surface area (Å²) in [4.78, 5) is 24.7. The molecule has 0 spiro atoms. The molecule has 7 heteroatoms. The summed E-state index contributed by atoms with van der Waals surface area (Å²) in [6.45, 7) is 0.481. The fourth-order valence-electron chi connectivity index (χ4n) is 2.74. The van der Waals surface area contributed by atoms with Crippen molar-refractivity contribution >= 4 is 28.3 Å². The number of H-pyrrole nitrogens is 1. The molecule has 0 saturated carbocycles. The van der Waals surface area contributed by atoms with Gasteiger partial charge in [0.25, 0.3) is 5.91 Å². The molecule has 6 nitrogen and oxygen atoms in total. The first-order chi connectivity index (χ1) is 12.8. The Balaban J connectivity index is 1.70. The van der Waals surface area contributed by atoms with Crippen LogP contribution in [0.1, 0.15) is 21.5 Å². The molecule has 0 radical (unpaired) electrons. The quantitative estimate of drug-likeness (QED) is 0.610. The monoisotopic (exact) mass is 359 g/mol. The lowest BCUT2D eigenvalue weighted by atomic mass is 10.1. The number of amides is 1. The molecular formula is C19H13N5OS. The summed E-state index contributed by atoms with van der Waals surface area (Å²) >= 11 is 1.38. The zero-order valence-corrected chi connectivity index (χ0v) is 14.4. The van der Waals surface area contributed by atoms with E-state index < -0.39 is 0 Å². The Hall–Kier alpha value is -3.50. The molecule has 0 saturated heterocycles. The van der Waals surface area contributed by atoms with Crippen LogP contribution in [-0.2, 0) is 6.54 Å². The number of rotatable bonds is 3. The highest BCUT2D eigenvalue weighted by Gasteiger charge is 2.12. The minimum Gasteiger partial charge on any atom is -0.345 e. The molecule has 0 aliphatic carbocycles. The Kier molecular flexibility index (Phi) is 4.17. The number of nitriles is 1. The lowest BCUT2D eigenvalue weighted by molar-refractivity contribution is 0.0999. The molecule has 26 heavy (non-hydrogen) atoms. The Morgan fingerprint density at radius 2 is 2.19 bits per heavy atom. The van der Waals surface area contributed by atoms with E-state index in [-0.39, 0.29) is 5.91 Å². The number of aromatic nitrogens is 3. The maximum atomic E-state index is 12.6. The Morgan fingerprint density at radius 1 is 1.31 bits per heavy atom.